The van der Waals surface area contributed by atoms with E-state index in [0.29, 0.717) is 0 Å². The Balaban J connectivity index is 1.58. The number of nitrogens with one attached hydrogen (secondary N) is 2. The molecular weight excluding hydrogens is 240 g/mol. The number of benzene rings is 1. The maximum atomic E-state index is 3.64. The molecule has 1 fully saturated rings. The first-order chi connectivity index (χ1) is 8.93. The molecule has 0 spiro atoms. The molecule has 0 radical (unpaired) electrons. The molecule has 18 heavy (non-hydrogen) atoms. The molecule has 2 N–H and O–H groups in total. The third-order valence-corrected chi connectivity index (χ3v) is 5.17. The maximum Gasteiger partial charge on any atom is 0.0418 e. The Kier molecular flexibility index (Phi) is 4.11. The lowest BCUT2D eigenvalue weighted by atomic mass is 9.99. The SMILES string of the molecule is c1cc2c(c(CNCC3CCSC3)c1)NCCC2. The van der Waals surface area contributed by atoms with E-state index in [0.717, 1.165) is 19.0 Å². The van der Waals surface area contributed by atoms with Gasteiger partial charge in [-0.15, -0.1) is 0 Å². The zero-order chi connectivity index (χ0) is 12.2. The molecule has 2 aliphatic heterocycles. The zero-order valence-electron chi connectivity index (χ0n) is 10.9. The molecule has 1 aromatic rings. The fourth-order valence-electron chi connectivity index (χ4n) is 2.88. The van der Waals surface area contributed by atoms with Crippen LogP contribution in [0, 0.1) is 5.92 Å². The molecule has 98 valence electrons. The first kappa shape index (κ1) is 12.4. The van der Waals surface area contributed by atoms with E-state index in [4.69, 9.17) is 0 Å². The molecule has 0 saturated carbocycles. The summed E-state index contributed by atoms with van der Waals surface area (Å²) in [6, 6.07) is 6.72. The summed E-state index contributed by atoms with van der Waals surface area (Å²) in [5.74, 6) is 3.59. The maximum absolute atomic E-state index is 3.64. The smallest absolute Gasteiger partial charge is 0.0418 e. The molecule has 2 heterocycles. The van der Waals surface area contributed by atoms with Crippen LogP contribution >= 0.6 is 11.8 Å². The minimum atomic E-state index is 0.891. The summed E-state index contributed by atoms with van der Waals surface area (Å²) < 4.78 is 0. The highest BCUT2D eigenvalue weighted by atomic mass is 32.2. The average Bonchev–Trinajstić information content (AvgIpc) is 2.92. The molecule has 3 heteroatoms. The van der Waals surface area contributed by atoms with Crippen LogP contribution in [0.4, 0.5) is 5.69 Å². The second-order valence-electron chi connectivity index (χ2n) is 5.34. The van der Waals surface area contributed by atoms with Crippen molar-refractivity contribution in [2.24, 2.45) is 5.92 Å². The predicted octanol–water partition coefficient (Wildman–Crippen LogP) is 2.89. The van der Waals surface area contributed by atoms with E-state index in [1.807, 2.05) is 0 Å². The summed E-state index contributed by atoms with van der Waals surface area (Å²) in [6.07, 6.45) is 3.89. The number of anilines is 1. The van der Waals surface area contributed by atoms with Crippen molar-refractivity contribution in [3.63, 3.8) is 0 Å². The summed E-state index contributed by atoms with van der Waals surface area (Å²) >= 11 is 2.10. The van der Waals surface area contributed by atoms with Gasteiger partial charge in [0.15, 0.2) is 0 Å². The number of fused-ring (bicyclic) bond motifs is 1. The largest absolute Gasteiger partial charge is 0.385 e. The van der Waals surface area contributed by atoms with Gasteiger partial charge in [-0.1, -0.05) is 18.2 Å². The molecule has 1 atom stereocenters. The summed E-state index contributed by atoms with van der Waals surface area (Å²) in [7, 11) is 0. The van der Waals surface area contributed by atoms with Crippen molar-refractivity contribution in [1.82, 2.24) is 5.32 Å². The van der Waals surface area contributed by atoms with Gasteiger partial charge >= 0.3 is 0 Å². The van der Waals surface area contributed by atoms with E-state index in [9.17, 15) is 0 Å². The number of rotatable bonds is 4. The van der Waals surface area contributed by atoms with E-state index in [-0.39, 0.29) is 0 Å². The fraction of sp³-hybridized carbons (Fsp3) is 0.600. The van der Waals surface area contributed by atoms with E-state index in [2.05, 4.69) is 40.6 Å². The fourth-order valence-corrected chi connectivity index (χ4v) is 4.17. The Morgan fingerprint density at radius 3 is 3.28 bits per heavy atom. The average molecular weight is 262 g/mol. The summed E-state index contributed by atoms with van der Waals surface area (Å²) in [5.41, 5.74) is 4.34. The standard InChI is InChI=1S/C15H22N2S/c1-3-13-5-2-7-17-15(13)14(4-1)10-16-9-12-6-8-18-11-12/h1,3-4,12,16-17H,2,5-11H2. The molecule has 0 bridgehead atoms. The Labute approximate surface area is 114 Å². The molecule has 1 aromatic carbocycles. The number of hydrogen-bond donors (Lipinski definition) is 2. The van der Waals surface area contributed by atoms with Crippen LogP contribution in [0.1, 0.15) is 24.0 Å². The van der Waals surface area contributed by atoms with Gasteiger partial charge in [0, 0.05) is 18.8 Å². The first-order valence-electron chi connectivity index (χ1n) is 7.06. The molecule has 1 unspecified atom stereocenters. The van der Waals surface area contributed by atoms with Gasteiger partial charge in [-0.25, -0.2) is 0 Å². The van der Waals surface area contributed by atoms with E-state index >= 15 is 0 Å². The van der Waals surface area contributed by atoms with Gasteiger partial charge < -0.3 is 10.6 Å². The van der Waals surface area contributed by atoms with E-state index in [1.165, 1.54) is 54.1 Å². The van der Waals surface area contributed by atoms with Crippen molar-refractivity contribution in [3.8, 4) is 0 Å². The molecule has 0 aliphatic carbocycles. The van der Waals surface area contributed by atoms with Crippen molar-refractivity contribution in [1.29, 1.82) is 0 Å². The number of para-hydroxylation sites is 1. The molecule has 2 aliphatic rings. The normalized spacial score (nSPS) is 22.6. The van der Waals surface area contributed by atoms with Gasteiger partial charge in [0.1, 0.15) is 0 Å². The van der Waals surface area contributed by atoms with Crippen LogP contribution in [0.2, 0.25) is 0 Å². The van der Waals surface area contributed by atoms with Crippen molar-refractivity contribution < 1.29 is 0 Å². The molecule has 3 rings (SSSR count). The first-order valence-corrected chi connectivity index (χ1v) is 8.22. The van der Waals surface area contributed by atoms with Gasteiger partial charge in [0.2, 0.25) is 0 Å². The topological polar surface area (TPSA) is 24.1 Å². The highest BCUT2D eigenvalue weighted by Gasteiger charge is 2.16. The lowest BCUT2D eigenvalue weighted by Gasteiger charge is -2.21. The van der Waals surface area contributed by atoms with Crippen LogP contribution in [-0.2, 0) is 13.0 Å². The van der Waals surface area contributed by atoms with E-state index < -0.39 is 0 Å². The van der Waals surface area contributed by atoms with Crippen molar-refractivity contribution in [2.45, 2.75) is 25.8 Å². The van der Waals surface area contributed by atoms with Gasteiger partial charge in [-0.3, -0.25) is 0 Å². The van der Waals surface area contributed by atoms with Crippen LogP contribution in [0.3, 0.4) is 0 Å². The summed E-state index contributed by atoms with van der Waals surface area (Å²) in [6.45, 7) is 3.32. The van der Waals surface area contributed by atoms with Gasteiger partial charge in [0.25, 0.3) is 0 Å². The minimum absolute atomic E-state index is 0.891. The van der Waals surface area contributed by atoms with Crippen molar-refractivity contribution in [2.75, 3.05) is 29.9 Å². The van der Waals surface area contributed by atoms with Crippen LogP contribution in [0.25, 0.3) is 0 Å². The highest BCUT2D eigenvalue weighted by molar-refractivity contribution is 7.99. The van der Waals surface area contributed by atoms with Crippen molar-refractivity contribution in [3.05, 3.63) is 29.3 Å². The highest BCUT2D eigenvalue weighted by Crippen LogP contribution is 2.26. The monoisotopic (exact) mass is 262 g/mol. The molecule has 0 aromatic heterocycles. The van der Waals surface area contributed by atoms with Gasteiger partial charge in [-0.05, 0) is 54.4 Å². The lowest BCUT2D eigenvalue weighted by Crippen LogP contribution is -2.23. The van der Waals surface area contributed by atoms with E-state index in [1.54, 1.807) is 0 Å². The van der Waals surface area contributed by atoms with Crippen LogP contribution < -0.4 is 10.6 Å². The van der Waals surface area contributed by atoms with Crippen molar-refractivity contribution >= 4 is 17.4 Å². The Morgan fingerprint density at radius 2 is 2.39 bits per heavy atom. The third kappa shape index (κ3) is 2.83. The number of aryl methyl sites for hydroxylation is 1. The van der Waals surface area contributed by atoms with Crippen LogP contribution in [0.5, 0.6) is 0 Å². The number of hydrogen-bond acceptors (Lipinski definition) is 3. The lowest BCUT2D eigenvalue weighted by molar-refractivity contribution is 0.523. The second-order valence-corrected chi connectivity index (χ2v) is 6.49. The molecule has 2 nitrogen and oxygen atoms in total. The molecular formula is C15H22N2S. The zero-order valence-corrected chi connectivity index (χ0v) is 11.7. The van der Waals surface area contributed by atoms with Crippen LogP contribution in [0.15, 0.2) is 18.2 Å². The van der Waals surface area contributed by atoms with Gasteiger partial charge in [0.05, 0.1) is 0 Å². The van der Waals surface area contributed by atoms with Gasteiger partial charge in [-0.2, -0.15) is 11.8 Å². The number of thioether (sulfide) groups is 1. The van der Waals surface area contributed by atoms with Crippen LogP contribution in [-0.4, -0.2) is 24.6 Å². The third-order valence-electron chi connectivity index (χ3n) is 3.93. The minimum Gasteiger partial charge on any atom is -0.385 e. The predicted molar refractivity (Wildman–Crippen MR) is 80.4 cm³/mol. The second kappa shape index (κ2) is 5.98. The summed E-state index contributed by atoms with van der Waals surface area (Å²) in [5, 5.41) is 7.21. The Bertz CT molecular complexity index is 399. The quantitative estimate of drug-likeness (QED) is 0.872. The summed E-state index contributed by atoms with van der Waals surface area (Å²) in [4.78, 5) is 0. The Hall–Kier alpha value is -0.670. The Morgan fingerprint density at radius 1 is 1.39 bits per heavy atom. The molecule has 1 saturated heterocycles. The molecule has 0 amide bonds.